The summed E-state index contributed by atoms with van der Waals surface area (Å²) in [6.07, 6.45) is 21.3. The number of nitrogens with zero attached hydrogens (tertiary/aromatic N) is 6. The molecule has 0 aromatic carbocycles. The molecule has 1 aromatic rings. The molecule has 0 radical (unpaired) electrons. The zero-order chi connectivity index (χ0) is 26.9. The van der Waals surface area contributed by atoms with Crippen LogP contribution in [0.5, 0.6) is 0 Å². The number of piperazine rings is 1. The maximum atomic E-state index is 12.8. The summed E-state index contributed by atoms with van der Waals surface area (Å²) >= 11 is 1.90. The summed E-state index contributed by atoms with van der Waals surface area (Å²) < 4.78 is 0. The molecule has 3 rings (SSSR count). The molecule has 0 saturated carbocycles. The highest BCUT2D eigenvalue weighted by molar-refractivity contribution is 8.00. The van der Waals surface area contributed by atoms with Crippen molar-refractivity contribution in [1.29, 1.82) is 0 Å². The van der Waals surface area contributed by atoms with Gasteiger partial charge in [-0.1, -0.05) is 52.0 Å². The number of anilines is 1. The van der Waals surface area contributed by atoms with Crippen LogP contribution in [0.3, 0.4) is 0 Å². The number of hydrogen-bond acceptors (Lipinski definition) is 7. The number of thioether (sulfide) groups is 1. The standard InChI is InChI=1S/C27H40N6OS.C2H6/c1-4-7-8-9-10-11-16-33(30-6-3)17-12-13-25(34)31-18-20-32(21-19-31)26-24-15-14-23(5-2)35-27(24)29-22-28-26;1-2/h6-11,16,22-23H,4-5,12-15,17-21H2,1-3H3;1-2H3/b8-7-,10-9-,16-11+,30-6-;. The van der Waals surface area contributed by atoms with Crippen molar-refractivity contribution in [2.75, 3.05) is 37.6 Å². The van der Waals surface area contributed by atoms with E-state index in [1.807, 2.05) is 72.9 Å². The first-order valence-corrected chi connectivity index (χ1v) is 14.8. The minimum Gasteiger partial charge on any atom is -0.353 e. The molecule has 1 aromatic heterocycles. The van der Waals surface area contributed by atoms with Gasteiger partial charge in [0.2, 0.25) is 5.91 Å². The number of hydrazone groups is 1. The Balaban J connectivity index is 0.00000235. The Hall–Kier alpha value is -2.61. The molecule has 8 heteroatoms. The van der Waals surface area contributed by atoms with Crippen molar-refractivity contribution in [2.45, 2.75) is 83.4 Å². The molecule has 1 unspecified atom stereocenters. The Kier molecular flexibility index (Phi) is 14.7. The molecule has 1 amide bonds. The van der Waals surface area contributed by atoms with Crippen LogP contribution in [-0.4, -0.2) is 70.0 Å². The van der Waals surface area contributed by atoms with Gasteiger partial charge in [0.05, 0.1) is 0 Å². The number of amides is 1. The number of rotatable bonds is 11. The second-order valence-electron chi connectivity index (χ2n) is 8.74. The highest BCUT2D eigenvalue weighted by atomic mass is 32.2. The van der Waals surface area contributed by atoms with E-state index in [4.69, 9.17) is 0 Å². The molecule has 1 fully saturated rings. The second-order valence-corrected chi connectivity index (χ2v) is 10.0. The number of fused-ring (bicyclic) bond motifs is 1. The molecular weight excluding hydrogens is 480 g/mol. The highest BCUT2D eigenvalue weighted by Crippen LogP contribution is 2.38. The summed E-state index contributed by atoms with van der Waals surface area (Å²) in [4.78, 5) is 26.3. The smallest absolute Gasteiger partial charge is 0.222 e. The summed E-state index contributed by atoms with van der Waals surface area (Å²) in [5, 5.41) is 8.07. The topological polar surface area (TPSA) is 64.9 Å². The van der Waals surface area contributed by atoms with Crippen molar-refractivity contribution in [1.82, 2.24) is 19.9 Å². The minimum absolute atomic E-state index is 0.227. The van der Waals surface area contributed by atoms with E-state index in [1.54, 1.807) is 12.5 Å². The van der Waals surface area contributed by atoms with Crippen LogP contribution in [0.25, 0.3) is 0 Å². The summed E-state index contributed by atoms with van der Waals surface area (Å²) in [6, 6.07) is 0. The van der Waals surface area contributed by atoms with Gasteiger partial charge in [-0.3, -0.25) is 9.80 Å². The van der Waals surface area contributed by atoms with Crippen LogP contribution in [0.4, 0.5) is 5.82 Å². The molecule has 204 valence electrons. The number of allylic oxidation sites excluding steroid dienone is 5. The highest BCUT2D eigenvalue weighted by Gasteiger charge is 2.27. The van der Waals surface area contributed by atoms with Gasteiger partial charge in [0, 0.05) is 62.4 Å². The molecule has 1 atom stereocenters. The molecule has 0 aliphatic carbocycles. The fraction of sp³-hybridized carbons (Fsp3) is 0.586. The van der Waals surface area contributed by atoms with E-state index in [1.165, 1.54) is 18.4 Å². The molecule has 1 saturated heterocycles. The van der Waals surface area contributed by atoms with E-state index < -0.39 is 0 Å². The first kappa shape index (κ1) is 30.6. The van der Waals surface area contributed by atoms with Crippen molar-refractivity contribution in [3.05, 3.63) is 48.5 Å². The number of hydrogen-bond donors (Lipinski definition) is 0. The van der Waals surface area contributed by atoms with Crippen molar-refractivity contribution >= 4 is 29.7 Å². The van der Waals surface area contributed by atoms with Gasteiger partial charge in [-0.15, -0.1) is 11.8 Å². The average Bonchev–Trinajstić information content (AvgIpc) is 2.95. The van der Waals surface area contributed by atoms with Gasteiger partial charge in [0.25, 0.3) is 0 Å². The summed E-state index contributed by atoms with van der Waals surface area (Å²) in [5.41, 5.74) is 1.29. The largest absolute Gasteiger partial charge is 0.353 e. The Morgan fingerprint density at radius 2 is 1.89 bits per heavy atom. The SMILES string of the molecule is C/C=N\N(/C=C/C=C\C=C/CC)CCCC(=O)N1CCN(c2ncnc3c2CCC(CC)S3)CC1.CC. The quantitative estimate of drug-likeness (QED) is 0.150. The van der Waals surface area contributed by atoms with Crippen LogP contribution in [0.2, 0.25) is 0 Å². The molecule has 2 aliphatic rings. The zero-order valence-corrected chi connectivity index (χ0v) is 24.3. The predicted octanol–water partition coefficient (Wildman–Crippen LogP) is 6.09. The van der Waals surface area contributed by atoms with E-state index in [0.717, 1.165) is 56.3 Å². The van der Waals surface area contributed by atoms with Crippen LogP contribution in [-0.2, 0) is 11.2 Å². The maximum Gasteiger partial charge on any atom is 0.222 e. The van der Waals surface area contributed by atoms with E-state index in [-0.39, 0.29) is 5.91 Å². The minimum atomic E-state index is 0.227. The van der Waals surface area contributed by atoms with Gasteiger partial charge in [-0.25, -0.2) is 9.97 Å². The Morgan fingerprint density at radius 1 is 1.14 bits per heavy atom. The van der Waals surface area contributed by atoms with Crippen molar-refractivity contribution < 1.29 is 4.79 Å². The normalized spacial score (nSPS) is 18.0. The first-order chi connectivity index (χ1) is 18.2. The predicted molar refractivity (Wildman–Crippen MR) is 158 cm³/mol. The lowest BCUT2D eigenvalue weighted by atomic mass is 10.1. The Labute approximate surface area is 228 Å². The van der Waals surface area contributed by atoms with Crippen LogP contribution in [0, 0.1) is 0 Å². The number of carbonyl (C=O) groups excluding carboxylic acids is 1. The lowest BCUT2D eigenvalue weighted by Crippen LogP contribution is -2.49. The zero-order valence-electron chi connectivity index (χ0n) is 23.5. The van der Waals surface area contributed by atoms with Crippen LogP contribution >= 0.6 is 11.8 Å². The summed E-state index contributed by atoms with van der Waals surface area (Å²) in [5.74, 6) is 1.30. The van der Waals surface area contributed by atoms with Gasteiger partial charge < -0.3 is 9.80 Å². The monoisotopic (exact) mass is 526 g/mol. The third-order valence-electron chi connectivity index (χ3n) is 6.27. The van der Waals surface area contributed by atoms with Crippen molar-refractivity contribution in [3.8, 4) is 0 Å². The second kappa shape index (κ2) is 17.8. The molecule has 37 heavy (non-hydrogen) atoms. The summed E-state index contributed by atoms with van der Waals surface area (Å²) in [7, 11) is 0. The molecule has 0 N–H and O–H groups in total. The fourth-order valence-corrected chi connectivity index (χ4v) is 5.48. The number of carbonyl (C=O) groups is 1. The van der Waals surface area contributed by atoms with Gasteiger partial charge in [-0.05, 0) is 45.1 Å². The van der Waals surface area contributed by atoms with E-state index in [2.05, 4.69) is 39.9 Å². The van der Waals surface area contributed by atoms with Crippen molar-refractivity contribution in [3.63, 3.8) is 0 Å². The van der Waals surface area contributed by atoms with E-state index >= 15 is 0 Å². The molecule has 0 spiro atoms. The first-order valence-electron chi connectivity index (χ1n) is 13.9. The molecular formula is C29H46N6OS. The average molecular weight is 527 g/mol. The molecule has 3 heterocycles. The Morgan fingerprint density at radius 3 is 2.59 bits per heavy atom. The summed E-state index contributed by atoms with van der Waals surface area (Å²) in [6.45, 7) is 14.1. The lowest BCUT2D eigenvalue weighted by molar-refractivity contribution is -0.131. The van der Waals surface area contributed by atoms with Crippen molar-refractivity contribution in [2.24, 2.45) is 5.10 Å². The van der Waals surface area contributed by atoms with Crippen LogP contribution in [0.15, 0.2) is 53.0 Å². The lowest BCUT2D eigenvalue weighted by Gasteiger charge is -2.37. The molecule has 7 nitrogen and oxygen atoms in total. The third kappa shape index (κ3) is 9.99. The van der Waals surface area contributed by atoms with E-state index in [9.17, 15) is 4.79 Å². The maximum absolute atomic E-state index is 12.8. The molecule has 2 aliphatic heterocycles. The van der Waals surface area contributed by atoms with Gasteiger partial charge in [-0.2, -0.15) is 5.10 Å². The molecule has 0 bridgehead atoms. The third-order valence-corrected chi connectivity index (χ3v) is 7.75. The van der Waals surface area contributed by atoms with Crippen LogP contribution in [0.1, 0.15) is 72.3 Å². The van der Waals surface area contributed by atoms with Gasteiger partial charge in [0.1, 0.15) is 17.2 Å². The number of aromatic nitrogens is 2. The fourth-order valence-electron chi connectivity index (χ4n) is 4.32. The van der Waals surface area contributed by atoms with Crippen LogP contribution < -0.4 is 4.90 Å². The Bertz CT molecular complexity index is 921. The van der Waals surface area contributed by atoms with Gasteiger partial charge in [0.15, 0.2) is 0 Å². The van der Waals surface area contributed by atoms with Gasteiger partial charge >= 0.3 is 0 Å². The van der Waals surface area contributed by atoms with E-state index in [0.29, 0.717) is 18.2 Å².